The van der Waals surface area contributed by atoms with Gasteiger partial charge in [0.05, 0.1) is 39.6 Å². The lowest BCUT2D eigenvalue weighted by Gasteiger charge is -2.15. The maximum atomic E-state index is 5.98. The molecule has 6 heteroatoms. The first-order valence-corrected chi connectivity index (χ1v) is 12.5. The summed E-state index contributed by atoms with van der Waals surface area (Å²) in [5.41, 5.74) is 3.33. The van der Waals surface area contributed by atoms with Gasteiger partial charge in [0.15, 0.2) is 23.0 Å². The molecule has 0 amide bonds. The van der Waals surface area contributed by atoms with Crippen LogP contribution in [-0.4, -0.2) is 28.4 Å². The first-order chi connectivity index (χ1) is 19.7. The van der Waals surface area contributed by atoms with Gasteiger partial charge in [0, 0.05) is 0 Å². The smallest absolute Gasteiger partial charge is 0.204 e. The van der Waals surface area contributed by atoms with Gasteiger partial charge >= 0.3 is 0 Å². The zero-order valence-corrected chi connectivity index (χ0v) is 22.9. The second-order valence-electron chi connectivity index (χ2n) is 8.40. The van der Waals surface area contributed by atoms with Crippen molar-refractivity contribution in [2.75, 3.05) is 28.4 Å². The lowest BCUT2D eigenvalue weighted by molar-refractivity contribution is 0.275. The van der Waals surface area contributed by atoms with E-state index in [1.165, 1.54) is 0 Å². The monoisotopic (exact) mass is 534 g/mol. The van der Waals surface area contributed by atoms with Gasteiger partial charge in [-0.3, -0.25) is 0 Å². The molecule has 4 rings (SSSR count). The summed E-state index contributed by atoms with van der Waals surface area (Å²) < 4.78 is 34.3. The standard InChI is InChI=1S/C34H30O6/c1-35-31-27(19-21-29(33(31)37-3)39-23-25-13-7-5-8-14-25)17-11-12-18-28-20-22-30(34(38-4)32(28)36-2)40-24-26-15-9-6-10-16-26/h5-10,13-16,19-22H,23-24H2,1-4H3. The summed E-state index contributed by atoms with van der Waals surface area (Å²) in [6, 6.07) is 27.1. The van der Waals surface area contributed by atoms with Crippen molar-refractivity contribution >= 4 is 0 Å². The Bertz CT molecular complexity index is 1420. The molecule has 0 atom stereocenters. The van der Waals surface area contributed by atoms with Crippen LogP contribution in [0.15, 0.2) is 84.9 Å². The van der Waals surface area contributed by atoms with E-state index in [1.54, 1.807) is 28.4 Å². The summed E-state index contributed by atoms with van der Waals surface area (Å²) in [5.74, 6) is 14.9. The molecule has 0 heterocycles. The minimum absolute atomic E-state index is 0.401. The Kier molecular flexibility index (Phi) is 9.80. The van der Waals surface area contributed by atoms with Gasteiger partial charge in [0.2, 0.25) is 11.5 Å². The predicted octanol–water partition coefficient (Wildman–Crippen LogP) is 6.28. The molecule has 0 aliphatic rings. The van der Waals surface area contributed by atoms with Crippen LogP contribution >= 0.6 is 0 Å². The Balaban J connectivity index is 1.54. The van der Waals surface area contributed by atoms with Crippen LogP contribution in [-0.2, 0) is 13.2 Å². The van der Waals surface area contributed by atoms with Crippen molar-refractivity contribution in [3.05, 3.63) is 107 Å². The lowest BCUT2D eigenvalue weighted by atomic mass is 10.1. The molecule has 0 N–H and O–H groups in total. The molecular formula is C34H30O6. The first kappa shape index (κ1) is 27.8. The van der Waals surface area contributed by atoms with E-state index in [-0.39, 0.29) is 0 Å². The minimum Gasteiger partial charge on any atom is -0.491 e. The Hall–Kier alpha value is -5.20. The molecule has 6 nitrogen and oxygen atoms in total. The van der Waals surface area contributed by atoms with Crippen molar-refractivity contribution in [3.8, 4) is 58.2 Å². The van der Waals surface area contributed by atoms with Gasteiger partial charge in [-0.15, -0.1) is 0 Å². The molecule has 202 valence electrons. The van der Waals surface area contributed by atoms with E-state index in [2.05, 4.69) is 23.7 Å². The van der Waals surface area contributed by atoms with Crippen LogP contribution in [0.25, 0.3) is 0 Å². The number of methoxy groups -OCH3 is 4. The van der Waals surface area contributed by atoms with Crippen LogP contribution in [0.5, 0.6) is 34.5 Å². The zero-order chi connectivity index (χ0) is 28.2. The van der Waals surface area contributed by atoms with Crippen LogP contribution in [0.2, 0.25) is 0 Å². The maximum Gasteiger partial charge on any atom is 0.204 e. The quantitative estimate of drug-likeness (QED) is 0.223. The number of benzene rings is 4. The number of hydrogen-bond acceptors (Lipinski definition) is 6. The summed E-state index contributed by atoms with van der Waals surface area (Å²) in [4.78, 5) is 0. The van der Waals surface area contributed by atoms with Crippen molar-refractivity contribution in [2.24, 2.45) is 0 Å². The topological polar surface area (TPSA) is 55.4 Å². The third kappa shape index (κ3) is 6.81. The highest BCUT2D eigenvalue weighted by molar-refractivity contribution is 5.63. The molecule has 0 saturated carbocycles. The first-order valence-electron chi connectivity index (χ1n) is 12.5. The Labute approximate surface area is 235 Å². The second-order valence-corrected chi connectivity index (χ2v) is 8.40. The van der Waals surface area contributed by atoms with Gasteiger partial charge in [0.1, 0.15) is 13.2 Å². The van der Waals surface area contributed by atoms with Crippen molar-refractivity contribution in [1.29, 1.82) is 0 Å². The summed E-state index contributed by atoms with van der Waals surface area (Å²) in [7, 11) is 6.26. The summed E-state index contributed by atoms with van der Waals surface area (Å²) >= 11 is 0. The van der Waals surface area contributed by atoms with E-state index in [0.29, 0.717) is 58.8 Å². The average Bonchev–Trinajstić information content (AvgIpc) is 3.01. The largest absolute Gasteiger partial charge is 0.491 e. The third-order valence-corrected chi connectivity index (χ3v) is 5.90. The molecule has 0 fully saturated rings. The van der Waals surface area contributed by atoms with Crippen LogP contribution in [0, 0.1) is 23.7 Å². The molecule has 4 aromatic rings. The number of rotatable bonds is 10. The van der Waals surface area contributed by atoms with Gasteiger partial charge in [-0.2, -0.15) is 0 Å². The van der Waals surface area contributed by atoms with Crippen LogP contribution in [0.4, 0.5) is 0 Å². The molecule has 0 spiro atoms. The van der Waals surface area contributed by atoms with E-state index >= 15 is 0 Å². The molecule has 0 radical (unpaired) electrons. The predicted molar refractivity (Wildman–Crippen MR) is 154 cm³/mol. The highest BCUT2D eigenvalue weighted by Gasteiger charge is 2.17. The average molecular weight is 535 g/mol. The highest BCUT2D eigenvalue weighted by atomic mass is 16.5. The fraction of sp³-hybridized carbons (Fsp3) is 0.176. The minimum atomic E-state index is 0.401. The third-order valence-electron chi connectivity index (χ3n) is 5.90. The molecule has 0 bridgehead atoms. The van der Waals surface area contributed by atoms with Gasteiger partial charge in [-0.05, 0) is 59.1 Å². The van der Waals surface area contributed by atoms with Gasteiger partial charge in [-0.1, -0.05) is 60.7 Å². The molecule has 0 unspecified atom stereocenters. The van der Waals surface area contributed by atoms with E-state index in [0.717, 1.165) is 11.1 Å². The Morgan fingerprint density at radius 2 is 0.825 bits per heavy atom. The van der Waals surface area contributed by atoms with E-state index in [9.17, 15) is 0 Å². The molecule has 4 aromatic carbocycles. The maximum absolute atomic E-state index is 5.98. The Morgan fingerprint density at radius 1 is 0.450 bits per heavy atom. The van der Waals surface area contributed by atoms with Crippen LogP contribution in [0.3, 0.4) is 0 Å². The molecule has 0 aromatic heterocycles. The van der Waals surface area contributed by atoms with E-state index in [4.69, 9.17) is 28.4 Å². The summed E-state index contributed by atoms with van der Waals surface area (Å²) in [6.07, 6.45) is 0. The van der Waals surface area contributed by atoms with Gasteiger partial charge in [-0.25, -0.2) is 0 Å². The van der Waals surface area contributed by atoms with Crippen molar-refractivity contribution < 1.29 is 28.4 Å². The van der Waals surface area contributed by atoms with Gasteiger partial charge < -0.3 is 28.4 Å². The molecule has 0 aliphatic heterocycles. The molecule has 40 heavy (non-hydrogen) atoms. The number of ether oxygens (including phenoxy) is 6. The fourth-order valence-corrected chi connectivity index (χ4v) is 3.97. The lowest BCUT2D eigenvalue weighted by Crippen LogP contribution is -2.00. The van der Waals surface area contributed by atoms with Gasteiger partial charge in [0.25, 0.3) is 0 Å². The van der Waals surface area contributed by atoms with Crippen molar-refractivity contribution in [2.45, 2.75) is 13.2 Å². The van der Waals surface area contributed by atoms with E-state index < -0.39 is 0 Å². The van der Waals surface area contributed by atoms with E-state index in [1.807, 2.05) is 84.9 Å². The summed E-state index contributed by atoms with van der Waals surface area (Å²) in [5, 5.41) is 0. The van der Waals surface area contributed by atoms with Crippen LogP contribution < -0.4 is 28.4 Å². The fourth-order valence-electron chi connectivity index (χ4n) is 3.97. The second kappa shape index (κ2) is 14.1. The Morgan fingerprint density at radius 3 is 1.18 bits per heavy atom. The number of hydrogen-bond donors (Lipinski definition) is 0. The SMILES string of the molecule is COc1c(C#CC#Cc2ccc(OCc3ccccc3)c(OC)c2OC)ccc(OCc2ccccc2)c1OC. The van der Waals surface area contributed by atoms with Crippen LogP contribution in [0.1, 0.15) is 22.3 Å². The molecule has 0 aliphatic carbocycles. The molecule has 0 saturated heterocycles. The normalized spacial score (nSPS) is 9.80. The highest BCUT2D eigenvalue weighted by Crippen LogP contribution is 2.41. The summed E-state index contributed by atoms with van der Waals surface area (Å²) in [6.45, 7) is 0.802. The van der Waals surface area contributed by atoms with Crippen molar-refractivity contribution in [3.63, 3.8) is 0 Å². The molecular weight excluding hydrogens is 504 g/mol. The zero-order valence-electron chi connectivity index (χ0n) is 22.9. The van der Waals surface area contributed by atoms with Crippen molar-refractivity contribution in [1.82, 2.24) is 0 Å².